The maximum absolute atomic E-state index is 13.5. The van der Waals surface area contributed by atoms with Gasteiger partial charge in [-0.05, 0) is 43.4 Å². The average molecular weight is 414 g/mol. The van der Waals surface area contributed by atoms with Crippen molar-refractivity contribution in [2.75, 3.05) is 26.2 Å². The molecule has 2 amide bonds. The molecule has 3 N–H and O–H groups in total. The highest BCUT2D eigenvalue weighted by Crippen LogP contribution is 2.43. The molecule has 7 heteroatoms. The van der Waals surface area contributed by atoms with Crippen molar-refractivity contribution in [1.82, 2.24) is 10.2 Å². The number of hydrogen-bond acceptors (Lipinski definition) is 3. The van der Waals surface area contributed by atoms with Gasteiger partial charge in [-0.3, -0.25) is 9.59 Å². The summed E-state index contributed by atoms with van der Waals surface area (Å²) in [6.45, 7) is 2.13. The van der Waals surface area contributed by atoms with Crippen molar-refractivity contribution in [3.63, 3.8) is 0 Å². The van der Waals surface area contributed by atoms with Gasteiger partial charge < -0.3 is 16.0 Å². The lowest BCUT2D eigenvalue weighted by Crippen LogP contribution is -2.51. The Labute approximate surface area is 172 Å². The van der Waals surface area contributed by atoms with E-state index >= 15 is 0 Å². The van der Waals surface area contributed by atoms with Gasteiger partial charge in [-0.15, -0.1) is 12.4 Å². The normalized spacial score (nSPS) is 21.4. The lowest BCUT2D eigenvalue weighted by Gasteiger charge is -2.39. The Morgan fingerprint density at radius 1 is 1.26 bits per heavy atom. The molecule has 2 aliphatic rings. The molecule has 1 saturated heterocycles. The van der Waals surface area contributed by atoms with Crippen LogP contribution >= 0.6 is 24.0 Å². The van der Waals surface area contributed by atoms with Crippen LogP contribution in [0.1, 0.15) is 44.1 Å². The minimum absolute atomic E-state index is 0. The van der Waals surface area contributed by atoms with E-state index in [1.54, 1.807) is 0 Å². The Morgan fingerprint density at radius 3 is 2.67 bits per heavy atom. The van der Waals surface area contributed by atoms with Crippen LogP contribution in [0.15, 0.2) is 24.3 Å². The molecular weight excluding hydrogens is 385 g/mol. The molecule has 1 unspecified atom stereocenters. The van der Waals surface area contributed by atoms with E-state index in [1.165, 1.54) is 0 Å². The molecule has 2 fully saturated rings. The van der Waals surface area contributed by atoms with Crippen molar-refractivity contribution >= 4 is 35.8 Å². The summed E-state index contributed by atoms with van der Waals surface area (Å²) in [5, 5.41) is 3.53. The summed E-state index contributed by atoms with van der Waals surface area (Å²) in [5.41, 5.74) is 6.00. The second-order valence-corrected chi connectivity index (χ2v) is 7.91. The number of hydrogen-bond donors (Lipinski definition) is 2. The highest BCUT2D eigenvalue weighted by molar-refractivity contribution is 6.30. The van der Waals surface area contributed by atoms with Gasteiger partial charge >= 0.3 is 0 Å². The summed E-state index contributed by atoms with van der Waals surface area (Å²) in [4.78, 5) is 27.8. The minimum atomic E-state index is -0.486. The quantitative estimate of drug-likeness (QED) is 0.778. The molecule has 0 aromatic heterocycles. The number of nitrogens with one attached hydrogen (secondary N) is 1. The van der Waals surface area contributed by atoms with Crippen molar-refractivity contribution in [2.45, 2.75) is 43.9 Å². The van der Waals surface area contributed by atoms with Crippen LogP contribution in [0.2, 0.25) is 5.02 Å². The number of likely N-dealkylation sites (tertiary alicyclic amines) is 1. The van der Waals surface area contributed by atoms with Crippen LogP contribution in [0.5, 0.6) is 0 Å². The largest absolute Gasteiger partial charge is 0.355 e. The van der Waals surface area contributed by atoms with E-state index < -0.39 is 5.41 Å². The molecule has 0 bridgehead atoms. The molecular formula is C20H29Cl2N3O2. The zero-order valence-electron chi connectivity index (χ0n) is 15.6. The van der Waals surface area contributed by atoms with Crippen molar-refractivity contribution in [1.29, 1.82) is 0 Å². The number of carbonyl (C=O) groups is 2. The highest BCUT2D eigenvalue weighted by Gasteiger charge is 2.46. The predicted molar refractivity (Wildman–Crippen MR) is 110 cm³/mol. The topological polar surface area (TPSA) is 75.4 Å². The van der Waals surface area contributed by atoms with E-state index in [0.29, 0.717) is 24.7 Å². The second-order valence-electron chi connectivity index (χ2n) is 7.47. The minimum Gasteiger partial charge on any atom is -0.355 e. The Morgan fingerprint density at radius 2 is 2.00 bits per heavy atom. The third-order valence-corrected chi connectivity index (χ3v) is 6.00. The van der Waals surface area contributed by atoms with Crippen LogP contribution in [-0.2, 0) is 15.0 Å². The van der Waals surface area contributed by atoms with Gasteiger partial charge in [0.05, 0.1) is 11.3 Å². The van der Waals surface area contributed by atoms with E-state index in [4.69, 9.17) is 17.3 Å². The van der Waals surface area contributed by atoms with E-state index in [2.05, 4.69) is 5.32 Å². The molecule has 1 aromatic carbocycles. The van der Waals surface area contributed by atoms with Gasteiger partial charge in [0.2, 0.25) is 11.8 Å². The molecule has 150 valence electrons. The first-order valence-electron chi connectivity index (χ1n) is 9.60. The van der Waals surface area contributed by atoms with Crippen LogP contribution in [0.25, 0.3) is 0 Å². The van der Waals surface area contributed by atoms with Crippen molar-refractivity contribution in [2.24, 2.45) is 11.7 Å². The molecule has 1 atom stereocenters. The second kappa shape index (κ2) is 9.76. The summed E-state index contributed by atoms with van der Waals surface area (Å²) in [6, 6.07) is 7.71. The summed E-state index contributed by atoms with van der Waals surface area (Å²) in [6.07, 6.45) is 5.49. The molecule has 5 nitrogen and oxygen atoms in total. The van der Waals surface area contributed by atoms with Gasteiger partial charge in [-0.2, -0.15) is 0 Å². The third-order valence-electron chi connectivity index (χ3n) is 5.77. The Hall–Kier alpha value is -1.30. The summed E-state index contributed by atoms with van der Waals surface area (Å²) < 4.78 is 0. The number of halogens is 2. The fraction of sp³-hybridized carbons (Fsp3) is 0.600. The number of rotatable bonds is 5. The molecule has 1 aliphatic carbocycles. The summed E-state index contributed by atoms with van der Waals surface area (Å²) in [7, 11) is 0. The van der Waals surface area contributed by atoms with Gasteiger partial charge in [0.25, 0.3) is 0 Å². The SMILES string of the molecule is Cl.NCCNC(=O)C1CCCN(C(=O)C2(c3cccc(Cl)c3)CCCC2)C1. The fourth-order valence-corrected chi connectivity index (χ4v) is 4.60. The van der Waals surface area contributed by atoms with Gasteiger partial charge in [-0.25, -0.2) is 0 Å². The van der Waals surface area contributed by atoms with Crippen LogP contribution in [0.3, 0.4) is 0 Å². The molecule has 1 heterocycles. The first-order chi connectivity index (χ1) is 12.6. The maximum Gasteiger partial charge on any atom is 0.233 e. The standard InChI is InChI=1S/C20H28ClN3O2.ClH/c21-17-7-3-6-16(13-17)20(8-1-2-9-20)19(26)24-12-4-5-15(14-24)18(25)23-11-10-22;/h3,6-7,13,15H,1-2,4-5,8-12,14,22H2,(H,23,25);1H. The molecule has 3 rings (SSSR count). The van der Waals surface area contributed by atoms with Crippen molar-refractivity contribution < 1.29 is 9.59 Å². The van der Waals surface area contributed by atoms with Crippen molar-refractivity contribution in [3.05, 3.63) is 34.9 Å². The first kappa shape index (κ1) is 22.0. The number of nitrogens with two attached hydrogens (primary N) is 1. The molecule has 1 saturated carbocycles. The molecule has 1 aliphatic heterocycles. The summed E-state index contributed by atoms with van der Waals surface area (Å²) >= 11 is 6.20. The maximum atomic E-state index is 13.5. The fourth-order valence-electron chi connectivity index (χ4n) is 4.41. The zero-order chi connectivity index (χ0) is 18.6. The Kier molecular flexibility index (Phi) is 7.95. The smallest absolute Gasteiger partial charge is 0.233 e. The lowest BCUT2D eigenvalue weighted by molar-refractivity contribution is -0.141. The van der Waals surface area contributed by atoms with E-state index in [1.807, 2.05) is 29.2 Å². The summed E-state index contributed by atoms with van der Waals surface area (Å²) in [5.74, 6) is 0.0295. The molecule has 0 spiro atoms. The number of piperidine rings is 1. The van der Waals surface area contributed by atoms with Gasteiger partial charge in [0.1, 0.15) is 0 Å². The van der Waals surface area contributed by atoms with E-state index in [0.717, 1.165) is 50.6 Å². The first-order valence-corrected chi connectivity index (χ1v) is 9.98. The highest BCUT2D eigenvalue weighted by atomic mass is 35.5. The third kappa shape index (κ3) is 4.76. The predicted octanol–water partition coefficient (Wildman–Crippen LogP) is 2.89. The van der Waals surface area contributed by atoms with Crippen LogP contribution in [0.4, 0.5) is 0 Å². The molecule has 0 radical (unpaired) electrons. The lowest BCUT2D eigenvalue weighted by atomic mass is 9.77. The molecule has 1 aromatic rings. The average Bonchev–Trinajstić information content (AvgIpc) is 3.16. The molecule has 27 heavy (non-hydrogen) atoms. The number of nitrogens with zero attached hydrogens (tertiary/aromatic N) is 1. The van der Waals surface area contributed by atoms with Crippen LogP contribution < -0.4 is 11.1 Å². The Bertz CT molecular complexity index is 662. The van der Waals surface area contributed by atoms with E-state index in [-0.39, 0.29) is 30.1 Å². The number of benzene rings is 1. The number of amides is 2. The van der Waals surface area contributed by atoms with Crippen LogP contribution in [-0.4, -0.2) is 42.9 Å². The van der Waals surface area contributed by atoms with Gasteiger partial charge in [-0.1, -0.05) is 36.6 Å². The van der Waals surface area contributed by atoms with Crippen LogP contribution in [0, 0.1) is 5.92 Å². The zero-order valence-corrected chi connectivity index (χ0v) is 17.2. The van der Waals surface area contributed by atoms with Gasteiger partial charge in [0.15, 0.2) is 0 Å². The monoisotopic (exact) mass is 413 g/mol. The van der Waals surface area contributed by atoms with E-state index in [9.17, 15) is 9.59 Å². The van der Waals surface area contributed by atoms with Crippen molar-refractivity contribution in [3.8, 4) is 0 Å². The van der Waals surface area contributed by atoms with Gasteiger partial charge in [0, 0.05) is 31.2 Å². The number of carbonyl (C=O) groups excluding carboxylic acids is 2. The Balaban J connectivity index is 0.00000261.